The van der Waals surface area contributed by atoms with E-state index in [1.165, 1.54) is 6.07 Å². The molecule has 0 radical (unpaired) electrons. The number of halogens is 3. The molecule has 5 nitrogen and oxygen atoms in total. The number of anilines is 1. The molecule has 1 saturated carbocycles. The van der Waals surface area contributed by atoms with Crippen LogP contribution in [0.5, 0.6) is 0 Å². The van der Waals surface area contributed by atoms with E-state index in [9.17, 15) is 18.0 Å². The van der Waals surface area contributed by atoms with Crippen molar-refractivity contribution in [2.45, 2.75) is 38.0 Å². The topological polar surface area (TPSA) is 61.9 Å². The Kier molecular flexibility index (Phi) is 2.97. The molecule has 3 heterocycles. The van der Waals surface area contributed by atoms with E-state index < -0.39 is 11.7 Å². The van der Waals surface area contributed by atoms with Crippen LogP contribution in [-0.2, 0) is 19.3 Å². The van der Waals surface area contributed by atoms with Crippen LogP contribution in [0, 0.1) is 0 Å². The average Bonchev–Trinajstić information content (AvgIpc) is 3.26. The van der Waals surface area contributed by atoms with Crippen molar-refractivity contribution in [2.24, 2.45) is 0 Å². The van der Waals surface area contributed by atoms with Gasteiger partial charge in [-0.25, -0.2) is 9.97 Å². The number of rotatable bonds is 2. The molecule has 1 N–H and O–H groups in total. The molecule has 0 atom stereocenters. The quantitative estimate of drug-likeness (QED) is 0.923. The first kappa shape index (κ1) is 14.2. The Morgan fingerprint density at radius 2 is 2.00 bits per heavy atom. The van der Waals surface area contributed by atoms with E-state index in [0.29, 0.717) is 36.1 Å². The van der Waals surface area contributed by atoms with Crippen molar-refractivity contribution < 1.29 is 13.2 Å². The molecule has 4 rings (SSSR count). The summed E-state index contributed by atoms with van der Waals surface area (Å²) in [5, 5.41) is 0. The van der Waals surface area contributed by atoms with Crippen LogP contribution in [0.1, 0.15) is 41.4 Å². The van der Waals surface area contributed by atoms with Crippen LogP contribution in [0.3, 0.4) is 0 Å². The Morgan fingerprint density at radius 1 is 1.22 bits per heavy atom. The highest BCUT2D eigenvalue weighted by atomic mass is 19.4. The van der Waals surface area contributed by atoms with Gasteiger partial charge in [0, 0.05) is 12.1 Å². The third-order valence-corrected chi connectivity index (χ3v) is 4.17. The fourth-order valence-electron chi connectivity index (χ4n) is 2.74. The molecular weight excluding hydrogens is 309 g/mol. The van der Waals surface area contributed by atoms with Crippen LogP contribution >= 0.6 is 0 Å². The summed E-state index contributed by atoms with van der Waals surface area (Å²) >= 11 is 0. The molecule has 2 aliphatic rings. The molecule has 0 unspecified atom stereocenters. The van der Waals surface area contributed by atoms with E-state index >= 15 is 0 Å². The number of aromatic amines is 1. The third kappa shape index (κ3) is 2.58. The van der Waals surface area contributed by atoms with Gasteiger partial charge >= 0.3 is 6.18 Å². The highest BCUT2D eigenvalue weighted by molar-refractivity contribution is 5.45. The first-order valence-electron chi connectivity index (χ1n) is 7.32. The van der Waals surface area contributed by atoms with Gasteiger partial charge in [-0.3, -0.25) is 4.79 Å². The molecule has 2 aromatic heterocycles. The van der Waals surface area contributed by atoms with Gasteiger partial charge in [0.15, 0.2) is 0 Å². The van der Waals surface area contributed by atoms with Gasteiger partial charge in [-0.15, -0.1) is 0 Å². The lowest BCUT2D eigenvalue weighted by atomic mass is 10.2. The summed E-state index contributed by atoms with van der Waals surface area (Å²) < 4.78 is 37.7. The fourth-order valence-corrected chi connectivity index (χ4v) is 2.74. The lowest BCUT2D eigenvalue weighted by Crippen LogP contribution is -2.19. The SMILES string of the molecule is O=c1[nH]c(C2CC2)nc2c1CN(c1ccc(C(F)(F)F)cn1)C2. The number of alkyl halides is 3. The van der Waals surface area contributed by atoms with Gasteiger partial charge in [-0.2, -0.15) is 13.2 Å². The van der Waals surface area contributed by atoms with Crippen LogP contribution < -0.4 is 10.5 Å². The predicted molar refractivity (Wildman–Crippen MR) is 76.0 cm³/mol. The van der Waals surface area contributed by atoms with Gasteiger partial charge in [0.25, 0.3) is 5.56 Å². The van der Waals surface area contributed by atoms with Crippen molar-refractivity contribution in [3.05, 3.63) is 51.3 Å². The summed E-state index contributed by atoms with van der Waals surface area (Å²) in [6, 6.07) is 2.32. The predicted octanol–water partition coefficient (Wildman–Crippen LogP) is 2.58. The summed E-state index contributed by atoms with van der Waals surface area (Å²) in [5.41, 5.74) is 0.310. The number of pyridine rings is 1. The number of hydrogen-bond donors (Lipinski definition) is 1. The van der Waals surface area contributed by atoms with Gasteiger partial charge in [0.05, 0.1) is 29.9 Å². The number of nitrogens with one attached hydrogen (secondary N) is 1. The summed E-state index contributed by atoms with van der Waals surface area (Å²) in [4.78, 5) is 25.1. The zero-order valence-electron chi connectivity index (χ0n) is 12.0. The standard InChI is InChI=1S/C15H13F3N4O/c16-15(17,18)9-3-4-12(19-5-9)22-6-10-11(7-22)20-13(8-1-2-8)21-14(10)23/h3-5,8H,1-2,6-7H2,(H,20,21,23). The van der Waals surface area contributed by atoms with Crippen molar-refractivity contribution in [3.63, 3.8) is 0 Å². The molecule has 0 bridgehead atoms. The van der Waals surface area contributed by atoms with E-state index in [4.69, 9.17) is 0 Å². The molecule has 2 aromatic rings. The number of nitrogens with zero attached hydrogens (tertiary/aromatic N) is 3. The van der Waals surface area contributed by atoms with Gasteiger partial charge in [-0.1, -0.05) is 0 Å². The van der Waals surface area contributed by atoms with Gasteiger partial charge in [-0.05, 0) is 25.0 Å². The second kappa shape index (κ2) is 4.81. The molecule has 1 aliphatic carbocycles. The van der Waals surface area contributed by atoms with Crippen molar-refractivity contribution in [1.82, 2.24) is 15.0 Å². The second-order valence-electron chi connectivity index (χ2n) is 5.91. The maximum atomic E-state index is 12.6. The zero-order valence-corrected chi connectivity index (χ0v) is 12.0. The Balaban J connectivity index is 1.60. The normalized spacial score (nSPS) is 17.4. The van der Waals surface area contributed by atoms with E-state index in [1.54, 1.807) is 4.90 Å². The van der Waals surface area contributed by atoms with Crippen LogP contribution in [0.2, 0.25) is 0 Å². The van der Waals surface area contributed by atoms with Crippen LogP contribution in [0.15, 0.2) is 23.1 Å². The summed E-state index contributed by atoms with van der Waals surface area (Å²) in [6.07, 6.45) is -1.53. The number of fused-ring (bicyclic) bond motifs is 1. The molecule has 0 amide bonds. The zero-order chi connectivity index (χ0) is 16.2. The van der Waals surface area contributed by atoms with Gasteiger partial charge in [0.1, 0.15) is 11.6 Å². The van der Waals surface area contributed by atoms with Crippen LogP contribution in [0.4, 0.5) is 19.0 Å². The maximum absolute atomic E-state index is 12.6. The van der Waals surface area contributed by atoms with Crippen molar-refractivity contribution >= 4 is 5.82 Å². The van der Waals surface area contributed by atoms with Crippen molar-refractivity contribution in [3.8, 4) is 0 Å². The molecule has 0 spiro atoms. The molecular formula is C15H13F3N4O. The number of H-pyrrole nitrogens is 1. The largest absolute Gasteiger partial charge is 0.417 e. The molecule has 23 heavy (non-hydrogen) atoms. The minimum atomic E-state index is -4.41. The number of hydrogen-bond acceptors (Lipinski definition) is 4. The van der Waals surface area contributed by atoms with E-state index in [2.05, 4.69) is 15.0 Å². The lowest BCUT2D eigenvalue weighted by Gasteiger charge is -2.16. The molecule has 0 aromatic carbocycles. The number of aromatic nitrogens is 3. The van der Waals surface area contributed by atoms with Gasteiger partial charge in [0.2, 0.25) is 0 Å². The first-order valence-corrected chi connectivity index (χ1v) is 7.32. The van der Waals surface area contributed by atoms with Crippen LogP contribution in [-0.4, -0.2) is 15.0 Å². The lowest BCUT2D eigenvalue weighted by molar-refractivity contribution is -0.137. The van der Waals surface area contributed by atoms with E-state index in [-0.39, 0.29) is 5.56 Å². The summed E-state index contributed by atoms with van der Waals surface area (Å²) in [5.74, 6) is 1.46. The van der Waals surface area contributed by atoms with E-state index in [0.717, 1.165) is 30.9 Å². The Bertz CT molecular complexity index is 809. The Hall–Kier alpha value is -2.38. The van der Waals surface area contributed by atoms with E-state index in [1.807, 2.05) is 0 Å². The molecule has 8 heteroatoms. The highest BCUT2D eigenvalue weighted by Gasteiger charge is 2.32. The molecule has 1 fully saturated rings. The maximum Gasteiger partial charge on any atom is 0.417 e. The minimum absolute atomic E-state index is 0.161. The van der Waals surface area contributed by atoms with Crippen molar-refractivity contribution in [2.75, 3.05) is 4.90 Å². The molecule has 0 saturated heterocycles. The summed E-state index contributed by atoms with van der Waals surface area (Å²) in [6.45, 7) is 0.693. The smallest absolute Gasteiger partial charge is 0.346 e. The first-order chi connectivity index (χ1) is 10.9. The van der Waals surface area contributed by atoms with Crippen LogP contribution in [0.25, 0.3) is 0 Å². The highest BCUT2D eigenvalue weighted by Crippen LogP contribution is 2.38. The molecule has 1 aliphatic heterocycles. The summed E-state index contributed by atoms with van der Waals surface area (Å²) in [7, 11) is 0. The van der Waals surface area contributed by atoms with Crippen molar-refractivity contribution in [1.29, 1.82) is 0 Å². The fraction of sp³-hybridized carbons (Fsp3) is 0.400. The monoisotopic (exact) mass is 322 g/mol. The second-order valence-corrected chi connectivity index (χ2v) is 5.91. The Labute approximate surface area is 129 Å². The van der Waals surface area contributed by atoms with Gasteiger partial charge < -0.3 is 9.88 Å². The minimum Gasteiger partial charge on any atom is -0.346 e. The Morgan fingerprint density at radius 3 is 2.61 bits per heavy atom. The third-order valence-electron chi connectivity index (χ3n) is 4.17. The molecule has 120 valence electrons. The average molecular weight is 322 g/mol.